The van der Waals surface area contributed by atoms with Crippen LogP contribution in [-0.4, -0.2) is 23.0 Å². The van der Waals surface area contributed by atoms with Crippen molar-refractivity contribution in [2.75, 3.05) is 0 Å². The molecule has 5 heteroatoms. The van der Waals surface area contributed by atoms with Crippen LogP contribution in [0.15, 0.2) is 34.8 Å². The van der Waals surface area contributed by atoms with Gasteiger partial charge in [0, 0.05) is 4.88 Å². The topological polar surface area (TPSA) is 49.7 Å². The molecule has 0 spiro atoms. The molecule has 19 heavy (non-hydrogen) atoms. The van der Waals surface area contributed by atoms with Gasteiger partial charge in [-0.2, -0.15) is 10.1 Å². The van der Waals surface area contributed by atoms with Gasteiger partial charge in [-0.05, 0) is 29.7 Å². The highest BCUT2D eigenvalue weighted by molar-refractivity contribution is 7.11. The predicted molar refractivity (Wildman–Crippen MR) is 71.5 cm³/mol. The highest BCUT2D eigenvalue weighted by atomic mass is 32.1. The van der Waals surface area contributed by atoms with Crippen LogP contribution in [0.25, 0.3) is 0 Å². The number of carbonyl (C=O) groups is 2. The average Bonchev–Trinajstić information content (AvgIpc) is 3.14. The number of thiophene rings is 1. The standard InChI is InChI=1S/C14H12N2O2S/c17-13-11-8-3-4-9(6-8)12(11)14(18)16(13)15-7-10-2-1-5-19-10/h1-5,7-9,11-12H,6H2/t8-,9-,11-,12+/m0/s1. The summed E-state index contributed by atoms with van der Waals surface area (Å²) in [5.41, 5.74) is 0. The van der Waals surface area contributed by atoms with E-state index in [-0.39, 0.29) is 35.5 Å². The van der Waals surface area contributed by atoms with Gasteiger partial charge >= 0.3 is 0 Å². The van der Waals surface area contributed by atoms with Gasteiger partial charge in [0.05, 0.1) is 18.1 Å². The first-order valence-electron chi connectivity index (χ1n) is 6.39. The van der Waals surface area contributed by atoms with Crippen LogP contribution >= 0.6 is 11.3 Å². The molecular weight excluding hydrogens is 260 g/mol. The van der Waals surface area contributed by atoms with Gasteiger partial charge in [0.15, 0.2) is 0 Å². The maximum atomic E-state index is 12.3. The molecule has 1 saturated heterocycles. The molecule has 3 aliphatic rings. The Labute approximate surface area is 114 Å². The van der Waals surface area contributed by atoms with E-state index in [2.05, 4.69) is 17.3 Å². The van der Waals surface area contributed by atoms with Gasteiger partial charge in [-0.15, -0.1) is 11.3 Å². The van der Waals surface area contributed by atoms with Crippen LogP contribution in [0.3, 0.4) is 0 Å². The summed E-state index contributed by atoms with van der Waals surface area (Å²) < 4.78 is 0. The lowest BCUT2D eigenvalue weighted by atomic mass is 9.85. The largest absolute Gasteiger partial charge is 0.272 e. The number of imide groups is 1. The fourth-order valence-corrected chi connectivity index (χ4v) is 4.06. The van der Waals surface area contributed by atoms with Crippen LogP contribution in [0, 0.1) is 23.7 Å². The van der Waals surface area contributed by atoms with Crippen molar-refractivity contribution in [1.29, 1.82) is 0 Å². The number of nitrogens with zero attached hydrogens (tertiary/aromatic N) is 2. The summed E-state index contributed by atoms with van der Waals surface area (Å²) in [6, 6.07) is 3.82. The van der Waals surface area contributed by atoms with Crippen LogP contribution in [0.4, 0.5) is 0 Å². The quantitative estimate of drug-likeness (QED) is 0.469. The number of hydrogen-bond acceptors (Lipinski definition) is 4. The summed E-state index contributed by atoms with van der Waals surface area (Å²) in [6.45, 7) is 0. The number of fused-ring (bicyclic) bond motifs is 5. The molecule has 2 amide bonds. The van der Waals surface area contributed by atoms with Gasteiger partial charge in [-0.25, -0.2) is 0 Å². The molecule has 2 aliphatic carbocycles. The van der Waals surface area contributed by atoms with Gasteiger partial charge in [0.1, 0.15) is 0 Å². The van der Waals surface area contributed by atoms with Crippen molar-refractivity contribution < 1.29 is 9.59 Å². The van der Waals surface area contributed by atoms with Crippen LogP contribution in [0.5, 0.6) is 0 Å². The summed E-state index contributed by atoms with van der Waals surface area (Å²) in [6.07, 6.45) is 6.72. The zero-order valence-electron chi connectivity index (χ0n) is 10.1. The van der Waals surface area contributed by atoms with Crippen molar-refractivity contribution in [2.24, 2.45) is 28.8 Å². The molecule has 0 unspecified atom stereocenters. The van der Waals surface area contributed by atoms with Gasteiger partial charge in [-0.3, -0.25) is 9.59 Å². The van der Waals surface area contributed by atoms with Crippen molar-refractivity contribution in [3.8, 4) is 0 Å². The Morgan fingerprint density at radius 1 is 1.21 bits per heavy atom. The Morgan fingerprint density at radius 3 is 2.47 bits per heavy atom. The lowest BCUT2D eigenvalue weighted by Crippen LogP contribution is -2.28. The number of allylic oxidation sites excluding steroid dienone is 2. The molecule has 0 aromatic carbocycles. The zero-order chi connectivity index (χ0) is 13.0. The van der Waals surface area contributed by atoms with Crippen molar-refractivity contribution >= 4 is 29.4 Å². The smallest absolute Gasteiger partial charge is 0.254 e. The highest BCUT2D eigenvalue weighted by Crippen LogP contribution is 2.52. The van der Waals surface area contributed by atoms with Gasteiger partial charge < -0.3 is 0 Å². The number of hydrogen-bond donors (Lipinski definition) is 0. The van der Waals surface area contributed by atoms with Gasteiger partial charge in [-0.1, -0.05) is 18.2 Å². The third kappa shape index (κ3) is 1.48. The molecule has 2 bridgehead atoms. The molecule has 4 atom stereocenters. The maximum Gasteiger partial charge on any atom is 0.254 e. The van der Waals surface area contributed by atoms with Crippen LogP contribution < -0.4 is 0 Å². The number of rotatable bonds is 2. The lowest BCUT2D eigenvalue weighted by Gasteiger charge is -2.13. The first kappa shape index (κ1) is 11.1. The normalized spacial score (nSPS) is 35.9. The van der Waals surface area contributed by atoms with Gasteiger partial charge in [0.25, 0.3) is 11.8 Å². The van der Waals surface area contributed by atoms with E-state index in [1.165, 1.54) is 11.3 Å². The number of amides is 2. The van der Waals surface area contributed by atoms with Crippen molar-refractivity contribution in [3.05, 3.63) is 34.5 Å². The van der Waals surface area contributed by atoms with E-state index in [0.29, 0.717) is 0 Å². The lowest BCUT2D eigenvalue weighted by molar-refractivity contribution is -0.140. The Bertz CT molecular complexity index is 575. The minimum atomic E-state index is -0.164. The molecule has 1 aromatic rings. The second-order valence-corrected chi connectivity index (χ2v) is 6.23. The Morgan fingerprint density at radius 2 is 1.89 bits per heavy atom. The van der Waals surface area contributed by atoms with Crippen LogP contribution in [0.2, 0.25) is 0 Å². The van der Waals surface area contributed by atoms with Crippen molar-refractivity contribution in [3.63, 3.8) is 0 Å². The molecular formula is C14H12N2O2S. The summed E-state index contributed by atoms with van der Waals surface area (Å²) in [5, 5.41) is 7.12. The average molecular weight is 272 g/mol. The molecule has 2 heterocycles. The second-order valence-electron chi connectivity index (χ2n) is 5.25. The molecule has 0 N–H and O–H groups in total. The van der Waals surface area contributed by atoms with E-state index in [9.17, 15) is 9.59 Å². The Balaban J connectivity index is 1.62. The summed E-state index contributed by atoms with van der Waals surface area (Å²) in [5.74, 6) is -0.0907. The second kappa shape index (κ2) is 3.87. The fraction of sp³-hybridized carbons (Fsp3) is 0.357. The first-order chi connectivity index (χ1) is 9.25. The van der Waals surface area contributed by atoms with Crippen molar-refractivity contribution in [2.45, 2.75) is 6.42 Å². The minimum absolute atomic E-state index is 0.125. The van der Waals surface area contributed by atoms with Crippen LogP contribution in [-0.2, 0) is 9.59 Å². The number of carbonyl (C=O) groups excluding carboxylic acids is 2. The Hall–Kier alpha value is -1.75. The molecule has 1 aliphatic heterocycles. The van der Waals surface area contributed by atoms with Gasteiger partial charge in [0.2, 0.25) is 0 Å². The molecule has 0 radical (unpaired) electrons. The van der Waals surface area contributed by atoms with E-state index in [4.69, 9.17) is 0 Å². The third-order valence-corrected chi connectivity index (χ3v) is 5.10. The van der Waals surface area contributed by atoms with E-state index >= 15 is 0 Å². The first-order valence-corrected chi connectivity index (χ1v) is 7.27. The van der Waals surface area contributed by atoms with Crippen LogP contribution in [0.1, 0.15) is 11.3 Å². The SMILES string of the molecule is O=C1[C@@H]2[C@H](C(=O)N1N=Cc1cccs1)[C@H]1C=C[C@H]2C1. The Kier molecular flexibility index (Phi) is 2.26. The monoisotopic (exact) mass is 272 g/mol. The maximum absolute atomic E-state index is 12.3. The zero-order valence-corrected chi connectivity index (χ0v) is 10.9. The van der Waals surface area contributed by atoms with E-state index in [1.54, 1.807) is 6.21 Å². The van der Waals surface area contributed by atoms with E-state index in [1.807, 2.05) is 17.5 Å². The predicted octanol–water partition coefficient (Wildman–Crippen LogP) is 1.89. The molecule has 4 rings (SSSR count). The summed E-state index contributed by atoms with van der Waals surface area (Å²) in [7, 11) is 0. The third-order valence-electron chi connectivity index (χ3n) is 4.29. The fourth-order valence-electron chi connectivity index (χ4n) is 3.48. The van der Waals surface area contributed by atoms with E-state index in [0.717, 1.165) is 16.3 Å². The van der Waals surface area contributed by atoms with Crippen molar-refractivity contribution in [1.82, 2.24) is 5.01 Å². The number of hydrazone groups is 1. The minimum Gasteiger partial charge on any atom is -0.272 e. The molecule has 1 aromatic heterocycles. The van der Waals surface area contributed by atoms with E-state index < -0.39 is 0 Å². The summed E-state index contributed by atoms with van der Waals surface area (Å²) in [4.78, 5) is 25.6. The molecule has 4 nitrogen and oxygen atoms in total. The molecule has 96 valence electrons. The highest BCUT2D eigenvalue weighted by Gasteiger charge is 2.59. The molecule has 2 fully saturated rings. The summed E-state index contributed by atoms with van der Waals surface area (Å²) >= 11 is 1.53. The molecule has 1 saturated carbocycles.